The van der Waals surface area contributed by atoms with Crippen molar-refractivity contribution in [1.82, 2.24) is 9.97 Å². The molecule has 8 rings (SSSR count). The van der Waals surface area contributed by atoms with Crippen LogP contribution in [0.5, 0.6) is 0 Å². The number of sulfone groups is 1. The maximum absolute atomic E-state index is 13.4. The van der Waals surface area contributed by atoms with Crippen molar-refractivity contribution in [2.45, 2.75) is 14.8 Å². The van der Waals surface area contributed by atoms with E-state index in [-0.39, 0.29) is 25.1 Å². The van der Waals surface area contributed by atoms with Gasteiger partial charge in [0.15, 0.2) is 14.9 Å². The molecule has 0 unspecified atom stereocenters. The molecule has 4 aromatic carbocycles. The van der Waals surface area contributed by atoms with Crippen molar-refractivity contribution in [3.63, 3.8) is 0 Å². The molecule has 2 aliphatic rings. The van der Waals surface area contributed by atoms with Crippen LogP contribution in [0.2, 0.25) is 0 Å². The number of nitrogens with zero attached hydrogens (tertiary/aromatic N) is 2. The molecule has 7 nitrogen and oxygen atoms in total. The summed E-state index contributed by atoms with van der Waals surface area (Å²) in [5, 5.41) is 0.793. The van der Waals surface area contributed by atoms with Crippen LogP contribution in [0, 0.1) is 6.07 Å². The average molecular weight is 768 g/mol. The number of hydrogen-bond acceptors (Lipinski definition) is 6. The van der Waals surface area contributed by atoms with Gasteiger partial charge in [0.05, 0.1) is 10.4 Å². The van der Waals surface area contributed by atoms with Gasteiger partial charge < -0.3 is 0 Å². The summed E-state index contributed by atoms with van der Waals surface area (Å²) in [7, 11) is -7.75. The molecule has 0 fully saturated rings. The molecule has 1 aliphatic heterocycles. The first-order valence-electron chi connectivity index (χ1n) is 12.6. The van der Waals surface area contributed by atoms with E-state index in [1.54, 1.807) is 24.3 Å². The Labute approximate surface area is 256 Å². The number of benzene rings is 4. The van der Waals surface area contributed by atoms with Gasteiger partial charge in [0.2, 0.25) is 0 Å². The summed E-state index contributed by atoms with van der Waals surface area (Å²) >= 11 is 0. The Balaban J connectivity index is 0.000000247. The van der Waals surface area contributed by atoms with Crippen LogP contribution in [0.4, 0.5) is 0 Å². The standard InChI is InChI=1S/C27H14NO2S.C5H5NO3S.Ir/c29-31(30)25-14-4-3-9-18(25)20-11-5-12-21(27(20)31)24-15-22-17-8-2-1-7-16(17)19-10-6-13-23(28-24)26(19)22;7-10(8,9)5-3-1-2-4-6-5;/h1-11,13-15H;1-4H,(H,7,8,9);/q-1;;. The third-order valence-corrected chi connectivity index (χ3v) is 9.85. The summed E-state index contributed by atoms with van der Waals surface area (Å²) in [6, 6.07) is 34.7. The molecule has 3 heterocycles. The van der Waals surface area contributed by atoms with E-state index in [1.165, 1.54) is 29.5 Å². The van der Waals surface area contributed by atoms with E-state index in [0.29, 0.717) is 21.0 Å². The van der Waals surface area contributed by atoms with Gasteiger partial charge in [-0.1, -0.05) is 72.3 Å². The van der Waals surface area contributed by atoms with E-state index in [2.05, 4.69) is 29.2 Å². The zero-order chi connectivity index (χ0) is 28.4. The van der Waals surface area contributed by atoms with E-state index in [0.717, 1.165) is 33.2 Å². The molecule has 0 saturated heterocycles. The Morgan fingerprint density at radius 3 is 2.07 bits per heavy atom. The van der Waals surface area contributed by atoms with E-state index in [1.807, 2.05) is 48.5 Å². The fourth-order valence-electron chi connectivity index (χ4n) is 5.50. The number of fused-ring (bicyclic) bond motifs is 6. The Morgan fingerprint density at radius 2 is 1.38 bits per heavy atom. The molecule has 209 valence electrons. The van der Waals surface area contributed by atoms with Crippen LogP contribution in [-0.4, -0.2) is 31.4 Å². The average Bonchev–Trinajstić information content (AvgIpc) is 3.44. The second-order valence-electron chi connectivity index (χ2n) is 9.54. The number of pyridine rings is 2. The zero-order valence-electron chi connectivity index (χ0n) is 21.5. The van der Waals surface area contributed by atoms with Crippen molar-refractivity contribution in [2.75, 3.05) is 0 Å². The second-order valence-corrected chi connectivity index (χ2v) is 12.8. The topological polar surface area (TPSA) is 114 Å². The van der Waals surface area contributed by atoms with Gasteiger partial charge in [0.25, 0.3) is 0 Å². The van der Waals surface area contributed by atoms with Gasteiger partial charge in [-0.15, -0.1) is 23.8 Å². The van der Waals surface area contributed by atoms with E-state index >= 15 is 0 Å². The summed E-state index contributed by atoms with van der Waals surface area (Å²) in [5.74, 6) is 0. The normalized spacial score (nSPS) is 13.3. The van der Waals surface area contributed by atoms with Crippen molar-refractivity contribution in [3.05, 3.63) is 115 Å². The van der Waals surface area contributed by atoms with E-state index < -0.39 is 20.0 Å². The molecular weight excluding hydrogens is 749 g/mol. The van der Waals surface area contributed by atoms with Gasteiger partial charge in [-0.05, 0) is 62.7 Å². The Morgan fingerprint density at radius 1 is 0.714 bits per heavy atom. The molecular formula is C32H19IrN2O5S2-. The summed E-state index contributed by atoms with van der Waals surface area (Å²) in [4.78, 5) is 8.97. The fourth-order valence-corrected chi connectivity index (χ4v) is 7.79. The fraction of sp³-hybridized carbons (Fsp3) is 0. The smallest absolute Gasteiger partial charge is 0.296 e. The molecule has 1 N–H and O–H groups in total. The number of aromatic nitrogens is 2. The minimum absolute atomic E-state index is 0. The molecule has 1 aliphatic carbocycles. The van der Waals surface area contributed by atoms with Crippen LogP contribution in [0.1, 0.15) is 0 Å². The Hall–Kier alpha value is -4.05. The predicted octanol–water partition coefficient (Wildman–Crippen LogP) is 6.49. The van der Waals surface area contributed by atoms with Crippen LogP contribution in [0.15, 0.2) is 124 Å². The van der Waals surface area contributed by atoms with Gasteiger partial charge >= 0.3 is 10.1 Å². The van der Waals surface area contributed by atoms with Crippen LogP contribution in [-0.2, 0) is 40.1 Å². The van der Waals surface area contributed by atoms with Crippen LogP contribution in [0.25, 0.3) is 55.5 Å². The van der Waals surface area contributed by atoms with Crippen molar-refractivity contribution in [3.8, 4) is 44.6 Å². The molecule has 0 atom stereocenters. The SMILES string of the molecule is O=S(=O)(O)c1ccccn1.O=S1(=O)c2ccccc2-c2cc[c-]c(-c3cc4c5c(cccc5n3)-c3ccccc3-4)c21.[Ir]. The van der Waals surface area contributed by atoms with E-state index in [4.69, 9.17) is 9.54 Å². The van der Waals surface area contributed by atoms with Crippen LogP contribution in [0.3, 0.4) is 0 Å². The van der Waals surface area contributed by atoms with Gasteiger partial charge in [0, 0.05) is 31.7 Å². The van der Waals surface area contributed by atoms with Gasteiger partial charge in [-0.2, -0.15) is 8.42 Å². The monoisotopic (exact) mass is 768 g/mol. The van der Waals surface area contributed by atoms with Crippen LogP contribution >= 0.6 is 0 Å². The molecule has 10 heteroatoms. The molecule has 0 spiro atoms. The zero-order valence-corrected chi connectivity index (χ0v) is 25.5. The van der Waals surface area contributed by atoms with Crippen molar-refractivity contribution >= 4 is 30.9 Å². The quantitative estimate of drug-likeness (QED) is 0.158. The van der Waals surface area contributed by atoms with E-state index in [9.17, 15) is 16.8 Å². The van der Waals surface area contributed by atoms with Gasteiger partial charge in [0.1, 0.15) is 0 Å². The molecule has 6 aromatic rings. The Kier molecular flexibility index (Phi) is 6.92. The third kappa shape index (κ3) is 4.40. The largest absolute Gasteiger partial charge is 0.312 e. The minimum Gasteiger partial charge on any atom is -0.296 e. The molecule has 0 saturated carbocycles. The van der Waals surface area contributed by atoms with Gasteiger partial charge in [-0.25, -0.2) is 13.4 Å². The predicted molar refractivity (Wildman–Crippen MR) is 155 cm³/mol. The van der Waals surface area contributed by atoms with Crippen molar-refractivity contribution in [1.29, 1.82) is 0 Å². The van der Waals surface area contributed by atoms with Crippen molar-refractivity contribution in [2.24, 2.45) is 0 Å². The summed E-state index contributed by atoms with van der Waals surface area (Å²) < 4.78 is 55.9. The third-order valence-electron chi connectivity index (χ3n) is 7.18. The summed E-state index contributed by atoms with van der Waals surface area (Å²) in [5.41, 5.74) is 8.07. The molecule has 42 heavy (non-hydrogen) atoms. The first kappa shape index (κ1) is 28.1. The molecule has 1 radical (unpaired) electrons. The molecule has 2 aromatic heterocycles. The number of rotatable bonds is 2. The van der Waals surface area contributed by atoms with Crippen molar-refractivity contribution < 1.29 is 41.5 Å². The second kappa shape index (κ2) is 10.3. The molecule has 0 bridgehead atoms. The van der Waals surface area contributed by atoms with Gasteiger partial charge in [-0.3, -0.25) is 9.54 Å². The summed E-state index contributed by atoms with van der Waals surface area (Å²) in [6.45, 7) is 0. The first-order chi connectivity index (χ1) is 19.7. The molecule has 0 amide bonds. The maximum atomic E-state index is 13.4. The minimum atomic E-state index is -4.11. The van der Waals surface area contributed by atoms with Crippen LogP contribution < -0.4 is 0 Å². The first-order valence-corrected chi connectivity index (χ1v) is 15.5. The Bertz CT molecular complexity index is 2260. The summed E-state index contributed by atoms with van der Waals surface area (Å²) in [6.07, 6.45) is 1.29. The maximum Gasteiger partial charge on any atom is 0.312 e. The number of hydrogen-bond donors (Lipinski definition) is 1.